The van der Waals surface area contributed by atoms with Crippen LogP contribution in [0.1, 0.15) is 39.5 Å². The zero-order chi connectivity index (χ0) is 8.16. The maximum absolute atomic E-state index is 2.34. The van der Waals surface area contributed by atoms with Crippen LogP contribution in [-0.4, -0.2) is 30.7 Å². The summed E-state index contributed by atoms with van der Waals surface area (Å²) in [6.45, 7) is 10.2. The Bertz CT molecular complexity index is 100. The highest BCUT2D eigenvalue weighted by Gasteiger charge is 2.23. The van der Waals surface area contributed by atoms with Crippen LogP contribution in [0.4, 0.5) is 0 Å². The molecule has 2 heteroatoms. The molecule has 1 saturated heterocycles. The molecule has 0 amide bonds. The summed E-state index contributed by atoms with van der Waals surface area (Å²) in [7, 11) is 0. The zero-order valence-corrected chi connectivity index (χ0v) is 10.8. The Hall–Kier alpha value is 0.690. The van der Waals surface area contributed by atoms with E-state index in [1.807, 2.05) is 0 Å². The summed E-state index contributed by atoms with van der Waals surface area (Å²) >= 11 is 0. The second-order valence-electron chi connectivity index (χ2n) is 3.84. The van der Waals surface area contributed by atoms with E-state index in [1.54, 1.807) is 0 Å². The topological polar surface area (TPSA) is 0 Å². The lowest BCUT2D eigenvalue weighted by Gasteiger charge is -2.35. The second kappa shape index (κ2) is 6.19. The predicted octanol–water partition coefficient (Wildman–Crippen LogP) is 3.04. The average Bonchev–Trinajstić information content (AvgIpc) is 2.30. The summed E-state index contributed by atoms with van der Waals surface area (Å²) < 4.78 is 1.39. The van der Waals surface area contributed by atoms with Crippen LogP contribution in [0.2, 0.25) is 0 Å². The lowest BCUT2D eigenvalue weighted by atomic mass is 10.2. The lowest BCUT2D eigenvalue weighted by molar-refractivity contribution is -0.924. The van der Waals surface area contributed by atoms with Gasteiger partial charge in [-0.1, -0.05) is 0 Å². The number of nitrogens with zero attached hydrogens (tertiary/aromatic N) is 1. The summed E-state index contributed by atoms with van der Waals surface area (Å²) in [5, 5.41) is 0. The van der Waals surface area contributed by atoms with E-state index in [4.69, 9.17) is 0 Å². The quantitative estimate of drug-likeness (QED) is 0.540. The van der Waals surface area contributed by atoms with Crippen molar-refractivity contribution in [1.82, 2.24) is 0 Å². The van der Waals surface area contributed by atoms with Gasteiger partial charge in [0, 0.05) is 0 Å². The Morgan fingerprint density at radius 3 is 1.58 bits per heavy atom. The highest BCUT2D eigenvalue weighted by atomic mass is 127. The third-order valence-corrected chi connectivity index (χ3v) is 3.36. The van der Waals surface area contributed by atoms with E-state index < -0.39 is 0 Å². The van der Waals surface area contributed by atoms with Crippen molar-refractivity contribution in [2.45, 2.75) is 39.5 Å². The highest BCUT2D eigenvalue weighted by molar-refractivity contribution is 14.0. The minimum absolute atomic E-state index is 0. The van der Waals surface area contributed by atoms with Gasteiger partial charge in [-0.05, 0) is 39.5 Å². The molecule has 0 aromatic carbocycles. The van der Waals surface area contributed by atoms with E-state index in [1.165, 1.54) is 56.3 Å². The van der Waals surface area contributed by atoms with E-state index in [2.05, 4.69) is 13.8 Å². The second-order valence-corrected chi connectivity index (χ2v) is 3.84. The van der Waals surface area contributed by atoms with Crippen LogP contribution in [0.15, 0.2) is 0 Å². The number of rotatable bonds is 2. The van der Waals surface area contributed by atoms with Crippen molar-refractivity contribution in [3.63, 3.8) is 0 Å². The van der Waals surface area contributed by atoms with Crippen LogP contribution in [0.5, 0.6) is 0 Å². The van der Waals surface area contributed by atoms with Gasteiger partial charge in [0.05, 0.1) is 26.2 Å². The standard InChI is InChI=1S/C10H22N.HI/c1-3-11(4-2)9-7-5-6-8-10-11;/h3-10H2,1-2H3;1H/q+1;. The summed E-state index contributed by atoms with van der Waals surface area (Å²) in [6, 6.07) is 0. The van der Waals surface area contributed by atoms with E-state index >= 15 is 0 Å². The van der Waals surface area contributed by atoms with E-state index in [0.29, 0.717) is 0 Å². The van der Waals surface area contributed by atoms with E-state index in [9.17, 15) is 0 Å². The fourth-order valence-corrected chi connectivity index (χ4v) is 2.22. The van der Waals surface area contributed by atoms with Gasteiger partial charge in [0.15, 0.2) is 0 Å². The fourth-order valence-electron chi connectivity index (χ4n) is 2.22. The van der Waals surface area contributed by atoms with Gasteiger partial charge in [-0.25, -0.2) is 0 Å². The molecule has 0 N–H and O–H groups in total. The Labute approximate surface area is 94.1 Å². The molecule has 0 aromatic rings. The van der Waals surface area contributed by atoms with Crippen molar-refractivity contribution in [3.8, 4) is 0 Å². The zero-order valence-electron chi connectivity index (χ0n) is 8.51. The molecule has 0 saturated carbocycles. The van der Waals surface area contributed by atoms with Crippen molar-refractivity contribution < 1.29 is 4.48 Å². The maximum Gasteiger partial charge on any atom is 0.0786 e. The van der Waals surface area contributed by atoms with Crippen molar-refractivity contribution in [1.29, 1.82) is 0 Å². The van der Waals surface area contributed by atoms with Crippen LogP contribution >= 0.6 is 24.0 Å². The monoisotopic (exact) mass is 284 g/mol. The van der Waals surface area contributed by atoms with Crippen LogP contribution in [0, 0.1) is 0 Å². The molecular formula is C10H23IN+. The first-order valence-corrected chi connectivity index (χ1v) is 5.18. The minimum Gasteiger partial charge on any atom is -0.324 e. The van der Waals surface area contributed by atoms with Crippen molar-refractivity contribution in [2.75, 3.05) is 26.2 Å². The largest absolute Gasteiger partial charge is 0.324 e. The van der Waals surface area contributed by atoms with Gasteiger partial charge >= 0.3 is 0 Å². The van der Waals surface area contributed by atoms with Crippen LogP contribution < -0.4 is 0 Å². The van der Waals surface area contributed by atoms with Crippen molar-refractivity contribution >= 4 is 24.0 Å². The molecule has 0 bridgehead atoms. The van der Waals surface area contributed by atoms with Crippen LogP contribution in [0.3, 0.4) is 0 Å². The molecule has 1 aliphatic heterocycles. The summed E-state index contributed by atoms with van der Waals surface area (Å²) in [5.41, 5.74) is 0. The third kappa shape index (κ3) is 3.21. The number of halogens is 1. The molecule has 1 fully saturated rings. The van der Waals surface area contributed by atoms with Gasteiger partial charge in [-0.15, -0.1) is 24.0 Å². The molecule has 0 radical (unpaired) electrons. The summed E-state index contributed by atoms with van der Waals surface area (Å²) in [6.07, 6.45) is 5.86. The minimum atomic E-state index is 0. The molecule has 1 nitrogen and oxygen atoms in total. The van der Waals surface area contributed by atoms with E-state index in [-0.39, 0.29) is 24.0 Å². The van der Waals surface area contributed by atoms with Crippen LogP contribution in [-0.2, 0) is 0 Å². The third-order valence-electron chi connectivity index (χ3n) is 3.36. The van der Waals surface area contributed by atoms with Gasteiger partial charge in [0.1, 0.15) is 0 Å². The smallest absolute Gasteiger partial charge is 0.0786 e. The Morgan fingerprint density at radius 2 is 1.25 bits per heavy atom. The molecule has 0 aromatic heterocycles. The Kier molecular flexibility index (Phi) is 6.55. The van der Waals surface area contributed by atoms with Gasteiger partial charge in [0.2, 0.25) is 0 Å². The molecule has 1 rings (SSSR count). The number of likely N-dealkylation sites (tertiary alicyclic amines) is 1. The molecule has 74 valence electrons. The normalized spacial score (nSPS) is 22.5. The first-order chi connectivity index (χ1) is 5.33. The lowest BCUT2D eigenvalue weighted by Crippen LogP contribution is -2.48. The van der Waals surface area contributed by atoms with Gasteiger partial charge in [-0.3, -0.25) is 0 Å². The summed E-state index contributed by atoms with van der Waals surface area (Å²) in [5.74, 6) is 0. The molecule has 12 heavy (non-hydrogen) atoms. The first-order valence-electron chi connectivity index (χ1n) is 5.18. The Morgan fingerprint density at radius 1 is 0.833 bits per heavy atom. The predicted molar refractivity (Wildman–Crippen MR) is 65.0 cm³/mol. The number of hydrogen-bond acceptors (Lipinski definition) is 0. The van der Waals surface area contributed by atoms with E-state index in [0.717, 1.165) is 0 Å². The van der Waals surface area contributed by atoms with Gasteiger partial charge in [0.25, 0.3) is 0 Å². The fraction of sp³-hybridized carbons (Fsp3) is 1.00. The molecule has 0 aliphatic carbocycles. The SMILES string of the molecule is CC[N+]1(CC)CCCCCC1.I. The average molecular weight is 284 g/mol. The summed E-state index contributed by atoms with van der Waals surface area (Å²) in [4.78, 5) is 0. The van der Waals surface area contributed by atoms with Gasteiger partial charge < -0.3 is 4.48 Å². The molecular weight excluding hydrogens is 261 g/mol. The molecule has 1 heterocycles. The van der Waals surface area contributed by atoms with Crippen molar-refractivity contribution in [2.24, 2.45) is 0 Å². The van der Waals surface area contributed by atoms with Crippen molar-refractivity contribution in [3.05, 3.63) is 0 Å². The first kappa shape index (κ1) is 12.7. The highest BCUT2D eigenvalue weighted by Crippen LogP contribution is 2.17. The van der Waals surface area contributed by atoms with Crippen LogP contribution in [0.25, 0.3) is 0 Å². The number of quaternary nitrogens is 1. The molecule has 1 aliphatic rings. The molecule has 0 atom stereocenters. The molecule has 0 unspecified atom stereocenters. The molecule has 0 spiro atoms. The maximum atomic E-state index is 2.34. The van der Waals surface area contributed by atoms with Gasteiger partial charge in [-0.2, -0.15) is 0 Å². The Balaban J connectivity index is 0.00000121. The number of hydrogen-bond donors (Lipinski definition) is 0.